The Morgan fingerprint density at radius 3 is 2.19 bits per heavy atom. The highest BCUT2D eigenvalue weighted by atomic mass is 15.1. The predicted molar refractivity (Wildman–Crippen MR) is 93.5 cm³/mol. The van der Waals surface area contributed by atoms with Crippen molar-refractivity contribution in [3.8, 4) is 0 Å². The number of rotatable bonds is 12. The van der Waals surface area contributed by atoms with Crippen LogP contribution in [0.5, 0.6) is 0 Å². The van der Waals surface area contributed by atoms with Crippen molar-refractivity contribution < 1.29 is 0 Å². The van der Waals surface area contributed by atoms with Crippen LogP contribution in [0.25, 0.3) is 0 Å². The summed E-state index contributed by atoms with van der Waals surface area (Å²) in [6, 6.07) is 8.86. The summed E-state index contributed by atoms with van der Waals surface area (Å²) in [5, 5.41) is 3.61. The van der Waals surface area contributed by atoms with Crippen LogP contribution in [0.1, 0.15) is 64.0 Å². The van der Waals surface area contributed by atoms with E-state index in [-0.39, 0.29) is 0 Å². The molecule has 2 nitrogen and oxygen atoms in total. The standard InChI is InChI=1S/C19H34N2/c1-4-7-8-9-12-15-20-16-18-13-10-11-14-19(18)17-21(5-2)6-3/h10-11,13-14,20H,4-9,12,15-17H2,1-3H3. The molecule has 0 saturated heterocycles. The molecule has 0 spiro atoms. The smallest absolute Gasteiger partial charge is 0.0236 e. The van der Waals surface area contributed by atoms with Crippen LogP contribution in [0.4, 0.5) is 0 Å². The lowest BCUT2D eigenvalue weighted by atomic mass is 10.1. The first-order valence-electron chi connectivity index (χ1n) is 8.81. The van der Waals surface area contributed by atoms with Crippen molar-refractivity contribution in [3.63, 3.8) is 0 Å². The van der Waals surface area contributed by atoms with E-state index in [4.69, 9.17) is 0 Å². The quantitative estimate of drug-likeness (QED) is 0.566. The summed E-state index contributed by atoms with van der Waals surface area (Å²) in [5.41, 5.74) is 2.93. The first kappa shape index (κ1) is 18.2. The monoisotopic (exact) mass is 290 g/mol. The Balaban J connectivity index is 2.34. The lowest BCUT2D eigenvalue weighted by molar-refractivity contribution is 0.294. The minimum Gasteiger partial charge on any atom is -0.313 e. The minimum absolute atomic E-state index is 1.01. The number of nitrogens with zero attached hydrogens (tertiary/aromatic N) is 1. The molecule has 120 valence electrons. The van der Waals surface area contributed by atoms with Crippen LogP contribution in [0.3, 0.4) is 0 Å². The van der Waals surface area contributed by atoms with Crippen LogP contribution in [-0.2, 0) is 13.1 Å². The average Bonchev–Trinajstić information content (AvgIpc) is 2.53. The highest BCUT2D eigenvalue weighted by Gasteiger charge is 2.05. The van der Waals surface area contributed by atoms with Crippen LogP contribution in [0.2, 0.25) is 0 Å². The van der Waals surface area contributed by atoms with E-state index in [1.54, 1.807) is 0 Å². The Kier molecular flexibility index (Phi) is 10.2. The first-order valence-corrected chi connectivity index (χ1v) is 8.81. The molecule has 0 atom stereocenters. The van der Waals surface area contributed by atoms with E-state index >= 15 is 0 Å². The number of nitrogens with one attached hydrogen (secondary N) is 1. The molecule has 0 radical (unpaired) electrons. The van der Waals surface area contributed by atoms with Crippen molar-refractivity contribution in [3.05, 3.63) is 35.4 Å². The lowest BCUT2D eigenvalue weighted by Gasteiger charge is -2.20. The third kappa shape index (κ3) is 7.63. The molecule has 0 saturated carbocycles. The third-order valence-electron chi connectivity index (χ3n) is 4.18. The molecule has 1 N–H and O–H groups in total. The summed E-state index contributed by atoms with van der Waals surface area (Å²) < 4.78 is 0. The van der Waals surface area contributed by atoms with Gasteiger partial charge >= 0.3 is 0 Å². The Hall–Kier alpha value is -0.860. The van der Waals surface area contributed by atoms with Crippen LogP contribution in [-0.4, -0.2) is 24.5 Å². The maximum atomic E-state index is 3.61. The van der Waals surface area contributed by atoms with Gasteiger partial charge in [0.05, 0.1) is 0 Å². The molecule has 0 aromatic heterocycles. The lowest BCUT2D eigenvalue weighted by Crippen LogP contribution is -2.24. The van der Waals surface area contributed by atoms with E-state index in [0.717, 1.165) is 32.7 Å². The van der Waals surface area contributed by atoms with E-state index in [2.05, 4.69) is 55.3 Å². The maximum Gasteiger partial charge on any atom is 0.0236 e. The van der Waals surface area contributed by atoms with E-state index in [0.29, 0.717) is 0 Å². The van der Waals surface area contributed by atoms with Crippen LogP contribution in [0, 0.1) is 0 Å². The molecule has 0 heterocycles. The normalized spacial score (nSPS) is 11.2. The summed E-state index contributed by atoms with van der Waals surface area (Å²) in [7, 11) is 0. The van der Waals surface area contributed by atoms with Gasteiger partial charge in [0.15, 0.2) is 0 Å². The van der Waals surface area contributed by atoms with Gasteiger partial charge in [0.25, 0.3) is 0 Å². The summed E-state index contributed by atoms with van der Waals surface area (Å²) in [5.74, 6) is 0. The predicted octanol–water partition coefficient (Wildman–Crippen LogP) is 4.59. The van der Waals surface area contributed by atoms with Crippen LogP contribution < -0.4 is 5.32 Å². The van der Waals surface area contributed by atoms with Gasteiger partial charge in [-0.2, -0.15) is 0 Å². The van der Waals surface area contributed by atoms with Crippen molar-refractivity contribution in [2.75, 3.05) is 19.6 Å². The Bertz CT molecular complexity index is 358. The van der Waals surface area contributed by atoms with Gasteiger partial charge in [-0.25, -0.2) is 0 Å². The fourth-order valence-corrected chi connectivity index (χ4v) is 2.65. The molecule has 0 aliphatic rings. The SMILES string of the molecule is CCCCCCCNCc1ccccc1CN(CC)CC. The zero-order valence-corrected chi connectivity index (χ0v) is 14.3. The molecular formula is C19H34N2. The van der Waals surface area contributed by atoms with Gasteiger partial charge < -0.3 is 5.32 Å². The van der Waals surface area contributed by atoms with Crippen molar-refractivity contribution in [1.82, 2.24) is 10.2 Å². The second-order valence-corrected chi connectivity index (χ2v) is 5.82. The maximum absolute atomic E-state index is 3.61. The second kappa shape index (κ2) is 11.8. The zero-order valence-electron chi connectivity index (χ0n) is 14.3. The van der Waals surface area contributed by atoms with Crippen LogP contribution >= 0.6 is 0 Å². The number of hydrogen-bond donors (Lipinski definition) is 1. The van der Waals surface area contributed by atoms with Crippen molar-refractivity contribution >= 4 is 0 Å². The van der Waals surface area contributed by atoms with E-state index in [1.165, 1.54) is 43.2 Å². The Morgan fingerprint density at radius 1 is 0.857 bits per heavy atom. The topological polar surface area (TPSA) is 15.3 Å². The number of benzene rings is 1. The molecule has 0 unspecified atom stereocenters. The summed E-state index contributed by atoms with van der Waals surface area (Å²) in [6.07, 6.45) is 6.76. The molecule has 0 bridgehead atoms. The van der Waals surface area contributed by atoms with E-state index in [9.17, 15) is 0 Å². The third-order valence-corrected chi connectivity index (χ3v) is 4.18. The van der Waals surface area contributed by atoms with Gasteiger partial charge in [-0.3, -0.25) is 4.90 Å². The minimum atomic E-state index is 1.01. The molecule has 0 aliphatic heterocycles. The van der Waals surface area contributed by atoms with Crippen molar-refractivity contribution in [2.45, 2.75) is 66.0 Å². The summed E-state index contributed by atoms with van der Waals surface area (Å²) in [4.78, 5) is 2.48. The molecule has 21 heavy (non-hydrogen) atoms. The van der Waals surface area contributed by atoms with Gasteiger partial charge in [-0.05, 0) is 37.2 Å². The van der Waals surface area contributed by atoms with E-state index in [1.807, 2.05) is 0 Å². The van der Waals surface area contributed by atoms with Crippen molar-refractivity contribution in [1.29, 1.82) is 0 Å². The average molecular weight is 290 g/mol. The molecule has 1 rings (SSSR count). The molecule has 0 fully saturated rings. The van der Waals surface area contributed by atoms with Gasteiger partial charge in [0.1, 0.15) is 0 Å². The van der Waals surface area contributed by atoms with E-state index < -0.39 is 0 Å². The van der Waals surface area contributed by atoms with Gasteiger partial charge in [-0.1, -0.05) is 70.7 Å². The molecule has 1 aromatic rings. The summed E-state index contributed by atoms with van der Waals surface area (Å²) >= 11 is 0. The first-order chi connectivity index (χ1) is 10.3. The van der Waals surface area contributed by atoms with Gasteiger partial charge in [0, 0.05) is 13.1 Å². The molecule has 0 aliphatic carbocycles. The van der Waals surface area contributed by atoms with Crippen molar-refractivity contribution in [2.24, 2.45) is 0 Å². The Morgan fingerprint density at radius 2 is 1.52 bits per heavy atom. The number of hydrogen-bond acceptors (Lipinski definition) is 2. The fraction of sp³-hybridized carbons (Fsp3) is 0.684. The van der Waals surface area contributed by atoms with Crippen LogP contribution in [0.15, 0.2) is 24.3 Å². The molecule has 2 heteroatoms. The van der Waals surface area contributed by atoms with Gasteiger partial charge in [0.2, 0.25) is 0 Å². The highest BCUT2D eigenvalue weighted by Crippen LogP contribution is 2.12. The Labute approximate surface area is 131 Å². The molecule has 1 aromatic carbocycles. The zero-order chi connectivity index (χ0) is 15.3. The largest absolute Gasteiger partial charge is 0.313 e. The highest BCUT2D eigenvalue weighted by molar-refractivity contribution is 5.26. The molecular weight excluding hydrogens is 256 g/mol. The molecule has 0 amide bonds. The number of unbranched alkanes of at least 4 members (excludes halogenated alkanes) is 4. The summed E-state index contributed by atoms with van der Waals surface area (Å²) in [6.45, 7) is 12.2. The van der Waals surface area contributed by atoms with Gasteiger partial charge in [-0.15, -0.1) is 0 Å². The second-order valence-electron chi connectivity index (χ2n) is 5.82. The fourth-order valence-electron chi connectivity index (χ4n) is 2.65.